The van der Waals surface area contributed by atoms with Gasteiger partial charge in [0.1, 0.15) is 0 Å². The van der Waals surface area contributed by atoms with Crippen LogP contribution in [0.5, 0.6) is 0 Å². The average molecular weight is 370 g/mol. The van der Waals surface area contributed by atoms with E-state index in [0.29, 0.717) is 0 Å². The second kappa shape index (κ2) is 100. The number of hydrogen-bond donors (Lipinski definition) is 4. The van der Waals surface area contributed by atoms with E-state index in [1.165, 1.54) is 0 Å². The van der Waals surface area contributed by atoms with Gasteiger partial charge in [0.25, 0.3) is 0 Å². The van der Waals surface area contributed by atoms with Crippen LogP contribution < -0.4 is 0 Å². The molecule has 0 saturated heterocycles. The number of rotatable bonds is 0. The first kappa shape index (κ1) is 43.5. The normalized spacial score (nSPS) is 5.60. The topological polar surface area (TPSA) is 181 Å². The van der Waals surface area contributed by atoms with Crippen LogP contribution in [0.4, 0.5) is 0 Å². The Morgan fingerprint density at radius 2 is 0.600 bits per heavy atom. The zero-order valence-corrected chi connectivity index (χ0v) is 13.7. The van der Waals surface area contributed by atoms with Crippen molar-refractivity contribution in [3.05, 3.63) is 0 Å². The van der Waals surface area contributed by atoms with Gasteiger partial charge in [0.05, 0.1) is 0 Å². The molecular weight excluding hydrogens is 364 g/mol. The summed E-state index contributed by atoms with van der Waals surface area (Å²) in [5, 5.41) is 0. The van der Waals surface area contributed by atoms with Crippen LogP contribution in [-0.4, -0.2) is 62.8 Å². The zero-order chi connectivity index (χ0) is 10.8. The van der Waals surface area contributed by atoms with Crippen molar-refractivity contribution in [1.29, 1.82) is 0 Å². The van der Waals surface area contributed by atoms with E-state index in [4.69, 9.17) is 37.8 Å². The van der Waals surface area contributed by atoms with Crippen molar-refractivity contribution in [2.24, 2.45) is 0 Å². The molecule has 0 unspecified atom stereocenters. The van der Waals surface area contributed by atoms with Crippen LogP contribution in [-0.2, 0) is 35.3 Å². The first-order valence-corrected chi connectivity index (χ1v) is 4.59. The molecule has 15 heteroatoms. The SMILES string of the molecule is O.O=PO.O=PO.O=PO.O=PO.[Ca+2].[Fe+2]. The van der Waals surface area contributed by atoms with Gasteiger partial charge < -0.3 is 25.0 Å². The minimum absolute atomic E-state index is 0. The average Bonchev–Trinajstić information content (AvgIpc) is 1.92. The van der Waals surface area contributed by atoms with Crippen LogP contribution in [0.25, 0.3) is 0 Å². The van der Waals surface area contributed by atoms with Gasteiger partial charge >= 0.3 is 89.6 Å². The molecule has 0 saturated carbocycles. The van der Waals surface area contributed by atoms with Crippen LogP contribution in [0.2, 0.25) is 0 Å². The summed E-state index contributed by atoms with van der Waals surface area (Å²) in [4.78, 5) is 27.9. The molecule has 0 aliphatic rings. The predicted octanol–water partition coefficient (Wildman–Crippen LogP) is -0.466. The molecule has 0 amide bonds. The Morgan fingerprint density at radius 1 is 0.600 bits per heavy atom. The Balaban J connectivity index is -0.0000000107. The number of hydrogen-bond acceptors (Lipinski definition) is 4. The molecule has 15 heavy (non-hydrogen) atoms. The molecule has 0 aromatic carbocycles. The van der Waals surface area contributed by atoms with Crippen molar-refractivity contribution in [1.82, 2.24) is 0 Å². The van der Waals surface area contributed by atoms with Crippen molar-refractivity contribution in [2.75, 3.05) is 0 Å². The zero-order valence-electron chi connectivity index (χ0n) is 6.77. The van der Waals surface area contributed by atoms with Gasteiger partial charge in [-0.2, -0.15) is 0 Å². The third-order valence-corrected chi connectivity index (χ3v) is 0. The maximum absolute atomic E-state index is 8.46. The van der Waals surface area contributed by atoms with Crippen LogP contribution >= 0.6 is 34.7 Å². The molecule has 0 atom stereocenters. The van der Waals surface area contributed by atoms with Gasteiger partial charge in [0.15, 0.2) is 0 Å². The second-order valence-corrected chi connectivity index (χ2v) is 0.980. The standard InChI is InChI=1S/Ca.Fe.4HO2P.H2O/c;;4*1-3-2;/h;;4*(H,1,2);1H2/q2*+2;;;;;. The second-order valence-electron chi connectivity index (χ2n) is 0.327. The van der Waals surface area contributed by atoms with E-state index in [1.807, 2.05) is 0 Å². The molecule has 0 radical (unpaired) electrons. The molecular formula is H6CaFeO9P4+4. The van der Waals surface area contributed by atoms with E-state index in [-0.39, 0.29) is 60.3 Å². The molecule has 0 aliphatic heterocycles. The summed E-state index contributed by atoms with van der Waals surface area (Å²) < 4.78 is 33.8. The molecule has 9 nitrogen and oxygen atoms in total. The van der Waals surface area contributed by atoms with E-state index in [2.05, 4.69) is 0 Å². The summed E-state index contributed by atoms with van der Waals surface area (Å²) in [6.45, 7) is 0. The van der Waals surface area contributed by atoms with Crippen LogP contribution in [0.15, 0.2) is 0 Å². The Kier molecular flexibility index (Phi) is 291. The van der Waals surface area contributed by atoms with Gasteiger partial charge in [-0.25, -0.2) is 18.3 Å². The predicted molar refractivity (Wildman–Crippen MR) is 48.7 cm³/mol. The molecule has 0 spiro atoms. The van der Waals surface area contributed by atoms with Crippen LogP contribution in [0, 0.1) is 0 Å². The Hall–Kier alpha value is 1.98. The Bertz CT molecular complexity index is 76.1. The van der Waals surface area contributed by atoms with Gasteiger partial charge in [-0.1, -0.05) is 0 Å². The van der Waals surface area contributed by atoms with Gasteiger partial charge in [-0.3, -0.25) is 0 Å². The van der Waals surface area contributed by atoms with Crippen molar-refractivity contribution < 1.29 is 60.4 Å². The van der Waals surface area contributed by atoms with Gasteiger partial charge in [-0.05, 0) is 0 Å². The third-order valence-electron chi connectivity index (χ3n) is 0. The molecule has 0 heterocycles. The molecule has 0 rings (SSSR count). The molecule has 6 N–H and O–H groups in total. The minimum Gasteiger partial charge on any atom is -0.412 e. The van der Waals surface area contributed by atoms with Crippen molar-refractivity contribution >= 4 is 72.5 Å². The van der Waals surface area contributed by atoms with Crippen LogP contribution in [0.3, 0.4) is 0 Å². The maximum atomic E-state index is 8.46. The fraction of sp³-hybridized carbons (Fsp3) is 0. The first-order chi connectivity index (χ1) is 5.66. The molecule has 0 bridgehead atoms. The smallest absolute Gasteiger partial charge is 0.412 e. The summed E-state index contributed by atoms with van der Waals surface area (Å²) in [5.74, 6) is 0. The fourth-order valence-corrected chi connectivity index (χ4v) is 0. The van der Waals surface area contributed by atoms with Gasteiger partial charge in [-0.15, -0.1) is 0 Å². The van der Waals surface area contributed by atoms with Crippen molar-refractivity contribution in [3.63, 3.8) is 0 Å². The fourth-order valence-electron chi connectivity index (χ4n) is 0. The van der Waals surface area contributed by atoms with E-state index in [1.54, 1.807) is 0 Å². The molecule has 86 valence electrons. The largest absolute Gasteiger partial charge is 2.00 e. The first-order valence-electron chi connectivity index (χ1n) is 1.53. The quantitative estimate of drug-likeness (QED) is 0.326. The van der Waals surface area contributed by atoms with Gasteiger partial charge in [0.2, 0.25) is 0 Å². The monoisotopic (exact) mass is 370 g/mol. The molecule has 0 fully saturated rings. The summed E-state index contributed by atoms with van der Waals surface area (Å²) >= 11 is 0. The molecule has 0 aliphatic carbocycles. The minimum atomic E-state index is -0.833. The van der Waals surface area contributed by atoms with E-state index in [9.17, 15) is 0 Å². The van der Waals surface area contributed by atoms with Crippen molar-refractivity contribution in [2.45, 2.75) is 0 Å². The third kappa shape index (κ3) is 797. The molecule has 0 aromatic heterocycles. The molecule has 0 aromatic rings. The van der Waals surface area contributed by atoms with E-state index >= 15 is 0 Å². The van der Waals surface area contributed by atoms with E-state index in [0.717, 1.165) is 0 Å². The summed E-state index contributed by atoms with van der Waals surface area (Å²) in [7, 11) is -3.33. The summed E-state index contributed by atoms with van der Waals surface area (Å²) in [6, 6.07) is 0. The summed E-state index contributed by atoms with van der Waals surface area (Å²) in [6.07, 6.45) is 0. The van der Waals surface area contributed by atoms with Gasteiger partial charge in [0, 0.05) is 0 Å². The Labute approximate surface area is 132 Å². The Morgan fingerprint density at radius 3 is 0.600 bits per heavy atom. The summed E-state index contributed by atoms with van der Waals surface area (Å²) in [5.41, 5.74) is 0. The van der Waals surface area contributed by atoms with Crippen LogP contribution in [0.1, 0.15) is 0 Å². The van der Waals surface area contributed by atoms with Crippen molar-refractivity contribution in [3.8, 4) is 0 Å². The maximum Gasteiger partial charge on any atom is 2.00 e. The van der Waals surface area contributed by atoms with E-state index < -0.39 is 34.7 Å².